The molecule has 0 bridgehead atoms. The van der Waals surface area contributed by atoms with Crippen molar-refractivity contribution < 1.29 is 14.3 Å². The summed E-state index contributed by atoms with van der Waals surface area (Å²) in [6.45, 7) is 0. The Bertz CT molecular complexity index is 566. The van der Waals surface area contributed by atoms with Gasteiger partial charge < -0.3 is 9.52 Å². The van der Waals surface area contributed by atoms with Crippen molar-refractivity contribution in [2.24, 2.45) is 0 Å². The Balaban J connectivity index is 2.56. The van der Waals surface area contributed by atoms with Gasteiger partial charge in [-0.3, -0.25) is 4.79 Å². The van der Waals surface area contributed by atoms with Crippen molar-refractivity contribution in [3.05, 3.63) is 29.7 Å². The molecule has 0 saturated carbocycles. The van der Waals surface area contributed by atoms with E-state index in [1.54, 1.807) is 18.2 Å². The maximum absolute atomic E-state index is 10.4. The highest BCUT2D eigenvalue weighted by Crippen LogP contribution is 2.19. The maximum Gasteiger partial charge on any atom is 0.312 e. The van der Waals surface area contributed by atoms with Gasteiger partial charge in [-0.15, -0.1) is 0 Å². The Morgan fingerprint density at radius 3 is 3.07 bits per heavy atom. The van der Waals surface area contributed by atoms with Crippen molar-refractivity contribution in [2.45, 2.75) is 6.42 Å². The maximum atomic E-state index is 10.4. The highest BCUT2D eigenvalue weighted by Gasteiger charge is 2.11. The number of hydrogen-bond acceptors (Lipinski definition) is 4. The highest BCUT2D eigenvalue weighted by molar-refractivity contribution is 5.80. The summed E-state index contributed by atoms with van der Waals surface area (Å²) >= 11 is 0. The fourth-order valence-corrected chi connectivity index (χ4v) is 1.29. The Morgan fingerprint density at radius 1 is 1.60 bits per heavy atom. The minimum Gasteiger partial charge on any atom is -0.481 e. The number of aromatic nitrogens is 1. The molecular formula is C10H6N2O3. The van der Waals surface area contributed by atoms with Crippen molar-refractivity contribution in [3.63, 3.8) is 0 Å². The molecule has 0 aliphatic carbocycles. The van der Waals surface area contributed by atoms with Crippen molar-refractivity contribution in [3.8, 4) is 6.07 Å². The van der Waals surface area contributed by atoms with Crippen LogP contribution in [0.25, 0.3) is 11.1 Å². The van der Waals surface area contributed by atoms with Crippen molar-refractivity contribution in [1.29, 1.82) is 5.26 Å². The van der Waals surface area contributed by atoms with E-state index >= 15 is 0 Å². The van der Waals surface area contributed by atoms with E-state index < -0.39 is 5.97 Å². The Hall–Kier alpha value is -2.35. The fourth-order valence-electron chi connectivity index (χ4n) is 1.29. The smallest absolute Gasteiger partial charge is 0.312 e. The second kappa shape index (κ2) is 3.42. The number of carboxylic acid groups (broad SMARTS) is 1. The first-order valence-electron chi connectivity index (χ1n) is 4.21. The fraction of sp³-hybridized carbons (Fsp3) is 0.100. The first-order valence-corrected chi connectivity index (χ1v) is 4.21. The first-order chi connectivity index (χ1) is 7.20. The number of nitriles is 1. The first kappa shape index (κ1) is 9.21. The molecule has 0 atom stereocenters. The van der Waals surface area contributed by atoms with Gasteiger partial charge in [0.2, 0.25) is 5.89 Å². The van der Waals surface area contributed by atoms with E-state index in [1.807, 2.05) is 6.07 Å². The number of aliphatic carboxylic acids is 1. The average molecular weight is 202 g/mol. The van der Waals surface area contributed by atoms with Gasteiger partial charge >= 0.3 is 5.97 Å². The molecule has 5 nitrogen and oxygen atoms in total. The van der Waals surface area contributed by atoms with Gasteiger partial charge in [-0.2, -0.15) is 5.26 Å². The Kier molecular flexibility index (Phi) is 2.10. The summed E-state index contributed by atoms with van der Waals surface area (Å²) < 4.78 is 5.18. The zero-order chi connectivity index (χ0) is 10.8. The van der Waals surface area contributed by atoms with Crippen LogP contribution in [0.5, 0.6) is 0 Å². The predicted molar refractivity (Wildman–Crippen MR) is 50.1 cm³/mol. The average Bonchev–Trinajstić information content (AvgIpc) is 2.58. The number of carboxylic acids is 1. The van der Waals surface area contributed by atoms with E-state index in [0.29, 0.717) is 16.7 Å². The Morgan fingerprint density at radius 2 is 2.40 bits per heavy atom. The van der Waals surface area contributed by atoms with Crippen molar-refractivity contribution in [1.82, 2.24) is 4.98 Å². The van der Waals surface area contributed by atoms with Gasteiger partial charge in [-0.25, -0.2) is 4.98 Å². The van der Waals surface area contributed by atoms with E-state index in [2.05, 4.69) is 4.98 Å². The number of benzene rings is 1. The van der Waals surface area contributed by atoms with Crippen LogP contribution in [-0.4, -0.2) is 16.1 Å². The molecule has 0 spiro atoms. The van der Waals surface area contributed by atoms with Crippen LogP contribution in [-0.2, 0) is 11.2 Å². The Labute approximate surface area is 84.6 Å². The van der Waals surface area contributed by atoms with Gasteiger partial charge in [0.15, 0.2) is 5.58 Å². The number of fused-ring (bicyclic) bond motifs is 1. The lowest BCUT2D eigenvalue weighted by Crippen LogP contribution is -1.99. The summed E-state index contributed by atoms with van der Waals surface area (Å²) in [5.74, 6) is -0.903. The van der Waals surface area contributed by atoms with Crippen LogP contribution in [0.2, 0.25) is 0 Å². The van der Waals surface area contributed by atoms with Crippen LogP contribution in [0, 0.1) is 11.3 Å². The molecule has 1 heterocycles. The van der Waals surface area contributed by atoms with Crippen molar-refractivity contribution >= 4 is 17.1 Å². The van der Waals surface area contributed by atoms with Crippen LogP contribution >= 0.6 is 0 Å². The third-order valence-corrected chi connectivity index (χ3v) is 1.89. The molecule has 74 valence electrons. The topological polar surface area (TPSA) is 87.1 Å². The molecule has 1 aromatic heterocycles. The van der Waals surface area contributed by atoms with Crippen LogP contribution in [0.4, 0.5) is 0 Å². The summed E-state index contributed by atoms with van der Waals surface area (Å²) in [6, 6.07) is 6.88. The third kappa shape index (κ3) is 1.65. The zero-order valence-corrected chi connectivity index (χ0v) is 7.60. The van der Waals surface area contributed by atoms with E-state index in [4.69, 9.17) is 14.8 Å². The van der Waals surface area contributed by atoms with Gasteiger partial charge in [-0.1, -0.05) is 6.07 Å². The molecular weight excluding hydrogens is 196 g/mol. The van der Waals surface area contributed by atoms with Crippen LogP contribution in [0.3, 0.4) is 0 Å². The second-order valence-electron chi connectivity index (χ2n) is 2.94. The largest absolute Gasteiger partial charge is 0.481 e. The second-order valence-corrected chi connectivity index (χ2v) is 2.94. The molecule has 2 rings (SSSR count). The molecule has 0 saturated heterocycles. The molecule has 0 radical (unpaired) electrons. The highest BCUT2D eigenvalue weighted by atomic mass is 16.4. The minimum atomic E-state index is -1.01. The van der Waals surface area contributed by atoms with E-state index in [9.17, 15) is 4.79 Å². The monoisotopic (exact) mass is 202 g/mol. The predicted octanol–water partition coefficient (Wildman–Crippen LogP) is 1.33. The van der Waals surface area contributed by atoms with E-state index in [1.165, 1.54) is 0 Å². The van der Waals surface area contributed by atoms with Gasteiger partial charge in [0.25, 0.3) is 0 Å². The van der Waals surface area contributed by atoms with Gasteiger partial charge in [0.1, 0.15) is 18.0 Å². The summed E-state index contributed by atoms with van der Waals surface area (Å²) in [5, 5.41) is 17.3. The van der Waals surface area contributed by atoms with Gasteiger partial charge in [-0.05, 0) is 12.1 Å². The number of nitrogens with zero attached hydrogens (tertiary/aromatic N) is 2. The zero-order valence-electron chi connectivity index (χ0n) is 7.60. The molecule has 1 N–H and O–H groups in total. The molecule has 2 aromatic rings. The molecule has 1 aromatic carbocycles. The minimum absolute atomic E-state index is 0.111. The standard InChI is InChI=1S/C10H6N2O3/c11-5-6-2-1-3-7-10(6)12-8(15-7)4-9(13)14/h1-3H,4H2,(H,13,14). The molecule has 15 heavy (non-hydrogen) atoms. The molecule has 0 aliphatic rings. The van der Waals surface area contributed by atoms with Crippen molar-refractivity contribution in [2.75, 3.05) is 0 Å². The lowest BCUT2D eigenvalue weighted by atomic mass is 10.2. The number of para-hydroxylation sites is 1. The van der Waals surface area contributed by atoms with Crippen LogP contribution in [0.1, 0.15) is 11.5 Å². The molecule has 0 amide bonds. The lowest BCUT2D eigenvalue weighted by Gasteiger charge is -1.86. The van der Waals surface area contributed by atoms with Gasteiger partial charge in [0.05, 0.1) is 5.56 Å². The molecule has 0 fully saturated rings. The summed E-state index contributed by atoms with van der Waals surface area (Å²) in [7, 11) is 0. The normalized spacial score (nSPS) is 10.1. The van der Waals surface area contributed by atoms with E-state index in [-0.39, 0.29) is 12.3 Å². The molecule has 0 unspecified atom stereocenters. The molecule has 5 heteroatoms. The summed E-state index contributed by atoms with van der Waals surface area (Å²) in [6.07, 6.45) is -0.278. The molecule has 0 aliphatic heterocycles. The summed E-state index contributed by atoms with van der Waals surface area (Å²) in [5.41, 5.74) is 1.23. The van der Waals surface area contributed by atoms with E-state index in [0.717, 1.165) is 0 Å². The quantitative estimate of drug-likeness (QED) is 0.793. The SMILES string of the molecule is N#Cc1cccc2oc(CC(=O)O)nc12. The van der Waals surface area contributed by atoms with Gasteiger partial charge in [0, 0.05) is 0 Å². The third-order valence-electron chi connectivity index (χ3n) is 1.89. The summed E-state index contributed by atoms with van der Waals surface area (Å²) in [4.78, 5) is 14.4. The van der Waals surface area contributed by atoms with Crippen LogP contribution < -0.4 is 0 Å². The number of oxazole rings is 1. The van der Waals surface area contributed by atoms with Crippen LogP contribution in [0.15, 0.2) is 22.6 Å². The number of carbonyl (C=O) groups is 1. The number of rotatable bonds is 2. The number of hydrogen-bond donors (Lipinski definition) is 1. The lowest BCUT2D eigenvalue weighted by molar-refractivity contribution is -0.136.